The number of rotatable bonds is 0. The molecule has 2 nitrogen and oxygen atoms in total. The first-order valence-corrected chi connectivity index (χ1v) is 4.85. The average Bonchev–Trinajstić information content (AvgIpc) is 2.21. The maximum Gasteiger partial charge on any atom is 0.116 e. The van der Waals surface area contributed by atoms with E-state index in [4.69, 9.17) is 0 Å². The van der Waals surface area contributed by atoms with Crippen LogP contribution in [0, 0.1) is 0 Å². The van der Waals surface area contributed by atoms with Gasteiger partial charge in [0.05, 0.1) is 5.52 Å². The molecule has 12 heavy (non-hydrogen) atoms. The molecule has 1 atom stereocenters. The molecule has 0 aliphatic rings. The zero-order chi connectivity index (χ0) is 8.81. The summed E-state index contributed by atoms with van der Waals surface area (Å²) in [6, 6.07) is 7.91. The zero-order valence-corrected chi connectivity index (χ0v) is 8.09. The van der Waals surface area contributed by atoms with Gasteiger partial charge in [0.15, 0.2) is 0 Å². The summed E-state index contributed by atoms with van der Waals surface area (Å²) in [5.74, 6) is 0. The van der Waals surface area contributed by atoms with Gasteiger partial charge in [0, 0.05) is 11.6 Å². The Morgan fingerprint density at radius 1 is 1.17 bits per heavy atom. The Labute approximate surface area is 74.3 Å². The van der Waals surface area contributed by atoms with Crippen molar-refractivity contribution in [2.45, 2.75) is 0 Å². The van der Waals surface area contributed by atoms with Gasteiger partial charge in [-0.2, -0.15) is 0 Å². The molecule has 0 radical (unpaired) electrons. The van der Waals surface area contributed by atoms with Gasteiger partial charge in [0.25, 0.3) is 0 Å². The number of para-hydroxylation sites is 1. The molecule has 0 aliphatic carbocycles. The molecule has 0 amide bonds. The molecule has 2 rings (SSSR count). The Balaban J connectivity index is 0.000000336. The van der Waals surface area contributed by atoms with Crippen LogP contribution >= 0.6 is 9.24 Å². The largest absolute Gasteiger partial charge is 0.244 e. The number of nitrogens with zero attached hydrogens (tertiary/aromatic N) is 2. The van der Waals surface area contributed by atoms with Crippen LogP contribution in [-0.2, 0) is 0 Å². The molecule has 0 bridgehead atoms. The smallest absolute Gasteiger partial charge is 0.116 e. The van der Waals surface area contributed by atoms with E-state index in [-0.39, 0.29) is 0 Å². The number of hydrogen-bond acceptors (Lipinski definition) is 2. The second kappa shape index (κ2) is 4.78. The molecule has 2 aromatic rings. The van der Waals surface area contributed by atoms with Gasteiger partial charge < -0.3 is 0 Å². The lowest BCUT2D eigenvalue weighted by Gasteiger charge is -1.90. The van der Waals surface area contributed by atoms with Crippen molar-refractivity contribution in [1.82, 2.24) is 9.97 Å². The maximum absolute atomic E-state index is 4.07. The molecule has 1 aromatic carbocycles. The Hall–Kier alpha value is -1.01. The highest BCUT2D eigenvalue weighted by molar-refractivity contribution is 7.15. The topological polar surface area (TPSA) is 25.8 Å². The summed E-state index contributed by atoms with van der Waals surface area (Å²) in [5.41, 5.74) is 0.998. The first kappa shape index (κ1) is 9.08. The Kier molecular flexibility index (Phi) is 3.62. The predicted molar refractivity (Wildman–Crippen MR) is 55.2 cm³/mol. The lowest BCUT2D eigenvalue weighted by molar-refractivity contribution is 1.22. The first-order chi connectivity index (χ1) is 5.97. The van der Waals surface area contributed by atoms with E-state index in [0.29, 0.717) is 0 Å². The van der Waals surface area contributed by atoms with E-state index in [9.17, 15) is 0 Å². The summed E-state index contributed by atoms with van der Waals surface area (Å²) >= 11 is 0. The van der Waals surface area contributed by atoms with E-state index in [1.54, 1.807) is 6.33 Å². The van der Waals surface area contributed by atoms with Crippen LogP contribution in [0.25, 0.3) is 10.9 Å². The fraction of sp³-hybridized carbons (Fsp3) is 0.111. The van der Waals surface area contributed by atoms with Crippen molar-refractivity contribution in [1.29, 1.82) is 0 Å². The van der Waals surface area contributed by atoms with Crippen LogP contribution in [-0.4, -0.2) is 16.6 Å². The van der Waals surface area contributed by atoms with Gasteiger partial charge in [0.2, 0.25) is 0 Å². The highest BCUT2D eigenvalue weighted by atomic mass is 31.0. The maximum atomic E-state index is 4.07. The van der Waals surface area contributed by atoms with Gasteiger partial charge in [-0.25, -0.2) is 9.97 Å². The summed E-state index contributed by atoms with van der Waals surface area (Å²) in [6.45, 7) is 1.92. The number of aromatic nitrogens is 2. The monoisotopic (exact) mass is 178 g/mol. The van der Waals surface area contributed by atoms with Crippen molar-refractivity contribution in [2.24, 2.45) is 0 Å². The fourth-order valence-corrected chi connectivity index (χ4v) is 0.923. The molecule has 3 heteroatoms. The summed E-state index contributed by atoms with van der Waals surface area (Å²) < 4.78 is 0. The van der Waals surface area contributed by atoms with Gasteiger partial charge >= 0.3 is 0 Å². The molecule has 62 valence electrons. The van der Waals surface area contributed by atoms with E-state index in [0.717, 1.165) is 10.9 Å². The molecule has 1 aromatic heterocycles. The fourth-order valence-electron chi connectivity index (χ4n) is 0.923. The highest BCUT2D eigenvalue weighted by Gasteiger charge is 1.87. The van der Waals surface area contributed by atoms with E-state index in [1.807, 2.05) is 37.1 Å². The van der Waals surface area contributed by atoms with Crippen molar-refractivity contribution < 1.29 is 0 Å². The first-order valence-electron chi connectivity index (χ1n) is 3.69. The number of fused-ring (bicyclic) bond motifs is 1. The molecule has 0 spiro atoms. The molecule has 1 heterocycles. The standard InChI is InChI=1S/C8H6N2.CH5P/c1-2-4-8-7(3-1)5-9-6-10-8;1-2/h1-6H;2H2,1H3. The molecular weight excluding hydrogens is 167 g/mol. The lowest BCUT2D eigenvalue weighted by atomic mass is 10.2. The summed E-state index contributed by atoms with van der Waals surface area (Å²) in [7, 11) is 2.42. The summed E-state index contributed by atoms with van der Waals surface area (Å²) in [5, 5.41) is 1.09. The van der Waals surface area contributed by atoms with Crippen LogP contribution < -0.4 is 0 Å². The van der Waals surface area contributed by atoms with Gasteiger partial charge in [-0.3, -0.25) is 0 Å². The van der Waals surface area contributed by atoms with Crippen LogP contribution in [0.1, 0.15) is 0 Å². The molecule has 0 fully saturated rings. The van der Waals surface area contributed by atoms with Crippen LogP contribution in [0.4, 0.5) is 0 Å². The van der Waals surface area contributed by atoms with E-state index in [1.165, 1.54) is 0 Å². The van der Waals surface area contributed by atoms with Crippen molar-refractivity contribution in [3.05, 3.63) is 36.8 Å². The molecule has 1 unspecified atom stereocenters. The Bertz CT molecular complexity index is 284. The molecule has 0 saturated heterocycles. The Morgan fingerprint density at radius 3 is 2.67 bits per heavy atom. The van der Waals surface area contributed by atoms with E-state index >= 15 is 0 Å². The van der Waals surface area contributed by atoms with Gasteiger partial charge in [-0.05, 0) is 6.07 Å². The second-order valence-electron chi connectivity index (χ2n) is 2.08. The minimum atomic E-state index is 0.998. The minimum Gasteiger partial charge on any atom is -0.244 e. The molecular formula is C9H11N2P. The normalized spacial score (nSPS) is 8.83. The minimum absolute atomic E-state index is 0.998. The highest BCUT2D eigenvalue weighted by Crippen LogP contribution is 2.06. The average molecular weight is 178 g/mol. The second-order valence-corrected chi connectivity index (χ2v) is 2.08. The quantitative estimate of drug-likeness (QED) is 0.577. The lowest BCUT2D eigenvalue weighted by Crippen LogP contribution is -1.77. The zero-order valence-electron chi connectivity index (χ0n) is 6.94. The van der Waals surface area contributed by atoms with Crippen LogP contribution in [0.15, 0.2) is 36.8 Å². The van der Waals surface area contributed by atoms with Crippen molar-refractivity contribution in [3.8, 4) is 0 Å². The number of benzene rings is 1. The molecule has 0 N–H and O–H groups in total. The summed E-state index contributed by atoms with van der Waals surface area (Å²) in [6.07, 6.45) is 3.37. The third kappa shape index (κ3) is 1.99. The third-order valence-corrected chi connectivity index (χ3v) is 1.41. The van der Waals surface area contributed by atoms with Crippen LogP contribution in [0.5, 0.6) is 0 Å². The van der Waals surface area contributed by atoms with Crippen molar-refractivity contribution in [2.75, 3.05) is 6.66 Å². The number of hydrogen-bond donors (Lipinski definition) is 0. The van der Waals surface area contributed by atoms with Gasteiger partial charge in [-0.15, -0.1) is 9.24 Å². The van der Waals surface area contributed by atoms with E-state index < -0.39 is 0 Å². The van der Waals surface area contributed by atoms with Gasteiger partial charge in [0.1, 0.15) is 6.33 Å². The summed E-state index contributed by atoms with van der Waals surface area (Å²) in [4.78, 5) is 7.97. The van der Waals surface area contributed by atoms with Crippen molar-refractivity contribution in [3.63, 3.8) is 0 Å². The van der Waals surface area contributed by atoms with Gasteiger partial charge in [-0.1, -0.05) is 24.9 Å². The molecule has 0 saturated carbocycles. The third-order valence-electron chi connectivity index (χ3n) is 1.41. The van der Waals surface area contributed by atoms with Crippen molar-refractivity contribution >= 4 is 20.1 Å². The van der Waals surface area contributed by atoms with Crippen LogP contribution in [0.3, 0.4) is 0 Å². The molecule has 0 aliphatic heterocycles. The Morgan fingerprint density at radius 2 is 1.92 bits per heavy atom. The predicted octanol–water partition coefficient (Wildman–Crippen LogP) is 2.12. The SMILES string of the molecule is CP.c1ccc2ncncc2c1. The van der Waals surface area contributed by atoms with E-state index in [2.05, 4.69) is 19.2 Å². The van der Waals surface area contributed by atoms with Crippen LogP contribution in [0.2, 0.25) is 0 Å².